The van der Waals surface area contributed by atoms with Crippen LogP contribution in [0.25, 0.3) is 0 Å². The van der Waals surface area contributed by atoms with Gasteiger partial charge in [-0.05, 0) is 0 Å². The van der Waals surface area contributed by atoms with E-state index in [0.29, 0.717) is 0 Å². The third-order valence-corrected chi connectivity index (χ3v) is 1.28. The Hall–Kier alpha value is 0.432. The van der Waals surface area contributed by atoms with Crippen LogP contribution < -0.4 is 0 Å². The maximum atomic E-state index is 3.10. The van der Waals surface area contributed by atoms with Crippen molar-refractivity contribution in [2.45, 2.75) is 6.42 Å². The third-order valence-electron chi connectivity index (χ3n) is 0.703. The van der Waals surface area contributed by atoms with E-state index in [1.165, 1.54) is 4.05 Å². The summed E-state index contributed by atoms with van der Waals surface area (Å²) in [5.41, 5.74) is 0. The molecule has 0 unspecified atom stereocenters. The van der Waals surface area contributed by atoms with Gasteiger partial charge in [-0.1, -0.05) is 0 Å². The van der Waals surface area contributed by atoms with Gasteiger partial charge in [0.2, 0.25) is 0 Å². The van der Waals surface area contributed by atoms with Crippen molar-refractivity contribution in [3.05, 3.63) is 22.3 Å². The molecule has 0 N–H and O–H groups in total. The number of hydrogen-bond acceptors (Lipinski definition) is 0. The van der Waals surface area contributed by atoms with Gasteiger partial charge in [-0.25, -0.2) is 0 Å². The van der Waals surface area contributed by atoms with Gasteiger partial charge in [0, 0.05) is 0 Å². The Morgan fingerprint density at radius 3 is 2.43 bits per heavy atom. The van der Waals surface area contributed by atoms with E-state index < -0.39 is 0 Å². The first-order valence-electron chi connectivity index (χ1n) is 1.88. The molecule has 0 aromatic heterocycles. The Balaban J connectivity index is 0.000000360. The van der Waals surface area contributed by atoms with Crippen molar-refractivity contribution in [2.75, 3.05) is 0 Å². The number of halogens is 1. The summed E-state index contributed by atoms with van der Waals surface area (Å²) in [4.78, 5) is 0. The Morgan fingerprint density at radius 1 is 1.57 bits per heavy atom. The van der Waals surface area contributed by atoms with Crippen LogP contribution in [0.2, 0.25) is 0 Å². The quantitative estimate of drug-likeness (QED) is 0.532. The zero-order valence-corrected chi connectivity index (χ0v) is 6.03. The molecule has 0 fully saturated rings. The van der Waals surface area contributed by atoms with Crippen molar-refractivity contribution < 1.29 is 19.2 Å². The summed E-state index contributed by atoms with van der Waals surface area (Å²) in [6.07, 6.45) is 7.35. The van der Waals surface area contributed by atoms with Gasteiger partial charge in [0.15, 0.2) is 0 Å². The fourth-order valence-corrected chi connectivity index (χ4v) is 0.741. The molecule has 0 spiro atoms. The first-order chi connectivity index (χ1) is 2.89. The molecule has 0 amide bonds. The van der Waals surface area contributed by atoms with Crippen molar-refractivity contribution in [2.24, 2.45) is 0 Å². The number of hydrogen-bond donors (Lipinski definition) is 0. The molecule has 0 saturated carbocycles. The second-order valence-corrected chi connectivity index (χ2v) is 2.20. The van der Waals surface area contributed by atoms with Crippen molar-refractivity contribution in [1.29, 1.82) is 0 Å². The molecule has 1 aliphatic rings. The molecule has 0 nitrogen and oxygen atoms in total. The second kappa shape index (κ2) is 3.44. The van der Waals surface area contributed by atoms with E-state index >= 15 is 0 Å². The molecule has 0 atom stereocenters. The summed E-state index contributed by atoms with van der Waals surface area (Å²) < 4.78 is 1.32. The van der Waals surface area contributed by atoms with E-state index in [4.69, 9.17) is 0 Å². The van der Waals surface area contributed by atoms with E-state index in [1.807, 2.05) is 0 Å². The Morgan fingerprint density at radius 2 is 2.29 bits per heavy atom. The van der Waals surface area contributed by atoms with Crippen LogP contribution in [-0.4, -0.2) is 0 Å². The average molecular weight is 208 g/mol. The van der Waals surface area contributed by atoms with E-state index in [9.17, 15) is 0 Å². The normalized spacial score (nSPS) is 16.0. The van der Waals surface area contributed by atoms with Crippen LogP contribution in [0.3, 0.4) is 0 Å². The minimum atomic E-state index is 0. The fraction of sp³-hybridized carbons (Fsp3) is 0.200. The molecule has 0 bridgehead atoms. The van der Waals surface area contributed by atoms with Crippen LogP contribution in [0.1, 0.15) is 6.42 Å². The second-order valence-electron chi connectivity index (χ2n) is 1.21. The molecule has 0 aromatic rings. The average Bonchev–Trinajstić information content (AvgIpc) is 1.86. The fourth-order valence-electron chi connectivity index (χ4n) is 0.408. The van der Waals surface area contributed by atoms with Crippen molar-refractivity contribution in [1.82, 2.24) is 0 Å². The SMILES string of the molecule is Cl.[Pd][C]1=CC=CC1. The van der Waals surface area contributed by atoms with E-state index in [-0.39, 0.29) is 12.4 Å². The molecule has 43 valence electrons. The minimum absolute atomic E-state index is 0. The summed E-state index contributed by atoms with van der Waals surface area (Å²) in [5.74, 6) is 0. The molecule has 1 rings (SSSR count). The molecule has 0 aliphatic heterocycles. The molecule has 1 aliphatic carbocycles. The molecular weight excluding hydrogens is 202 g/mol. The molecule has 0 saturated heterocycles. The number of rotatable bonds is 0. The van der Waals surface area contributed by atoms with Crippen LogP contribution in [0.15, 0.2) is 22.3 Å². The van der Waals surface area contributed by atoms with Gasteiger partial charge in [-0.15, -0.1) is 12.4 Å². The Labute approximate surface area is 60.5 Å². The van der Waals surface area contributed by atoms with Gasteiger partial charge in [0.25, 0.3) is 0 Å². The summed E-state index contributed by atoms with van der Waals surface area (Å²) in [6, 6.07) is 0. The third kappa shape index (κ3) is 2.29. The topological polar surface area (TPSA) is 0 Å². The first kappa shape index (κ1) is 7.43. The van der Waals surface area contributed by atoms with Gasteiger partial charge in [-0.2, -0.15) is 0 Å². The molecule has 0 aromatic carbocycles. The zero-order valence-electron chi connectivity index (χ0n) is 3.66. The Bertz CT molecular complexity index is 105. The van der Waals surface area contributed by atoms with Crippen LogP contribution in [0.5, 0.6) is 0 Å². The predicted molar refractivity (Wildman–Crippen MR) is 29.1 cm³/mol. The van der Waals surface area contributed by atoms with Gasteiger partial charge >= 0.3 is 47.9 Å². The van der Waals surface area contributed by atoms with Crippen LogP contribution in [-0.2, 0) is 19.2 Å². The van der Waals surface area contributed by atoms with Crippen LogP contribution >= 0.6 is 12.4 Å². The monoisotopic (exact) mass is 207 g/mol. The van der Waals surface area contributed by atoms with E-state index in [2.05, 4.69) is 37.4 Å². The van der Waals surface area contributed by atoms with Gasteiger partial charge < -0.3 is 0 Å². The van der Waals surface area contributed by atoms with E-state index in [0.717, 1.165) is 6.42 Å². The molecule has 2 heteroatoms. The first-order valence-corrected chi connectivity index (χ1v) is 2.65. The molecule has 0 heterocycles. The maximum absolute atomic E-state index is 3.10. The molecule has 7 heavy (non-hydrogen) atoms. The van der Waals surface area contributed by atoms with Gasteiger partial charge in [0.1, 0.15) is 0 Å². The summed E-state index contributed by atoms with van der Waals surface area (Å²) in [5, 5.41) is 0. The van der Waals surface area contributed by atoms with E-state index in [1.54, 1.807) is 0 Å². The number of allylic oxidation sites excluding steroid dienone is 4. The van der Waals surface area contributed by atoms with Crippen LogP contribution in [0, 0.1) is 0 Å². The molecular formula is C5H6ClPd. The van der Waals surface area contributed by atoms with Gasteiger partial charge in [0.05, 0.1) is 0 Å². The molecule has 0 radical (unpaired) electrons. The zero-order chi connectivity index (χ0) is 4.41. The Kier molecular flexibility index (Phi) is 3.65. The summed E-state index contributed by atoms with van der Waals surface area (Å²) >= 11 is 3.10. The van der Waals surface area contributed by atoms with Gasteiger partial charge in [-0.3, -0.25) is 0 Å². The van der Waals surface area contributed by atoms with Crippen molar-refractivity contribution in [3.8, 4) is 0 Å². The standard InChI is InChI=1S/C5H5.ClH.Pd/c1-2-4-5-3-1;;/h1-3H,4H2;1H;. The van der Waals surface area contributed by atoms with Crippen molar-refractivity contribution >= 4 is 12.4 Å². The summed E-state index contributed by atoms with van der Waals surface area (Å²) in [6.45, 7) is 0. The summed E-state index contributed by atoms with van der Waals surface area (Å²) in [7, 11) is 0. The predicted octanol–water partition coefficient (Wildman–Crippen LogP) is 1.80. The van der Waals surface area contributed by atoms with Crippen LogP contribution in [0.4, 0.5) is 0 Å². The van der Waals surface area contributed by atoms with Crippen molar-refractivity contribution in [3.63, 3.8) is 0 Å².